The Labute approximate surface area is 98.0 Å². The molecule has 86 valence electrons. The smallest absolute Gasteiger partial charge is 0.341 e. The van der Waals surface area contributed by atoms with Crippen LogP contribution in [-0.2, 0) is 12.2 Å². The van der Waals surface area contributed by atoms with Crippen molar-refractivity contribution in [2.45, 2.75) is 19.1 Å². The van der Waals surface area contributed by atoms with E-state index in [0.717, 1.165) is 34.7 Å². The lowest BCUT2D eigenvalue weighted by molar-refractivity contribution is 0.0691. The van der Waals surface area contributed by atoms with E-state index < -0.39 is 5.97 Å². The van der Waals surface area contributed by atoms with Gasteiger partial charge < -0.3 is 9.84 Å². The molecule has 0 aliphatic carbocycles. The van der Waals surface area contributed by atoms with Gasteiger partial charge in [0.1, 0.15) is 5.56 Å². The third kappa shape index (κ3) is 1.75. The lowest BCUT2D eigenvalue weighted by Gasteiger charge is -2.20. The number of nitrogens with zero attached hydrogens (tertiary/aromatic N) is 1. The van der Waals surface area contributed by atoms with Crippen LogP contribution in [0.1, 0.15) is 27.2 Å². The molecule has 1 N–H and O–H groups in total. The minimum Gasteiger partial charge on any atom is -0.480 e. The number of pyridine rings is 1. The molecule has 0 spiro atoms. The van der Waals surface area contributed by atoms with Crippen LogP contribution in [0.25, 0.3) is 0 Å². The summed E-state index contributed by atoms with van der Waals surface area (Å²) >= 11 is 1.75. The monoisotopic (exact) mass is 239 g/mol. The zero-order chi connectivity index (χ0) is 11.7. The predicted octanol–water partition coefficient (Wildman–Crippen LogP) is 1.89. The van der Waals surface area contributed by atoms with Gasteiger partial charge in [0.25, 0.3) is 0 Å². The van der Waals surface area contributed by atoms with Gasteiger partial charge in [-0.3, -0.25) is 0 Å². The van der Waals surface area contributed by atoms with Crippen molar-refractivity contribution >= 4 is 17.7 Å². The molecule has 0 saturated heterocycles. The number of carboxylic acids is 1. The van der Waals surface area contributed by atoms with E-state index in [1.54, 1.807) is 11.8 Å². The summed E-state index contributed by atoms with van der Waals surface area (Å²) in [6, 6.07) is 0. The highest BCUT2D eigenvalue weighted by Crippen LogP contribution is 2.33. The molecule has 16 heavy (non-hydrogen) atoms. The average Bonchev–Trinajstić information content (AvgIpc) is 2.28. The third-order valence-corrected chi connectivity index (χ3v) is 3.72. The van der Waals surface area contributed by atoms with Crippen molar-refractivity contribution in [3.63, 3.8) is 0 Å². The van der Waals surface area contributed by atoms with Crippen molar-refractivity contribution in [1.29, 1.82) is 0 Å². The van der Waals surface area contributed by atoms with E-state index in [1.807, 2.05) is 6.92 Å². The summed E-state index contributed by atoms with van der Waals surface area (Å²) in [7, 11) is 1.45. The van der Waals surface area contributed by atoms with Crippen molar-refractivity contribution in [2.24, 2.45) is 0 Å². The van der Waals surface area contributed by atoms with Crippen molar-refractivity contribution in [3.8, 4) is 5.88 Å². The van der Waals surface area contributed by atoms with Gasteiger partial charge in [0.2, 0.25) is 5.88 Å². The van der Waals surface area contributed by atoms with E-state index in [4.69, 9.17) is 4.74 Å². The van der Waals surface area contributed by atoms with Gasteiger partial charge in [0, 0.05) is 11.4 Å². The van der Waals surface area contributed by atoms with E-state index in [2.05, 4.69) is 4.98 Å². The molecule has 0 unspecified atom stereocenters. The number of ether oxygens (including phenoxy) is 1. The molecule has 0 fully saturated rings. The van der Waals surface area contributed by atoms with Gasteiger partial charge >= 0.3 is 5.97 Å². The number of aromatic carboxylic acids is 1. The van der Waals surface area contributed by atoms with Crippen molar-refractivity contribution in [1.82, 2.24) is 4.98 Å². The highest BCUT2D eigenvalue weighted by molar-refractivity contribution is 7.98. The number of carbonyl (C=O) groups is 1. The molecule has 0 aromatic carbocycles. The number of aromatic nitrogens is 1. The lowest BCUT2D eigenvalue weighted by atomic mass is 10.00. The topological polar surface area (TPSA) is 59.4 Å². The summed E-state index contributed by atoms with van der Waals surface area (Å²) in [6.07, 6.45) is 0.892. The second-order valence-corrected chi connectivity index (χ2v) is 4.75. The molecule has 1 aromatic rings. The predicted molar refractivity (Wildman–Crippen MR) is 62.4 cm³/mol. The van der Waals surface area contributed by atoms with Crippen LogP contribution in [0.4, 0.5) is 0 Å². The van der Waals surface area contributed by atoms with Crippen molar-refractivity contribution < 1.29 is 14.6 Å². The second kappa shape index (κ2) is 4.33. The Hall–Kier alpha value is -1.23. The first-order chi connectivity index (χ1) is 7.65. The minimum absolute atomic E-state index is 0.228. The Kier molecular flexibility index (Phi) is 3.05. The first kappa shape index (κ1) is 11.3. The molecule has 2 heterocycles. The Morgan fingerprint density at radius 1 is 1.50 bits per heavy atom. The fourth-order valence-electron chi connectivity index (χ4n) is 1.98. The van der Waals surface area contributed by atoms with E-state index >= 15 is 0 Å². The van der Waals surface area contributed by atoms with Gasteiger partial charge in [-0.25, -0.2) is 9.78 Å². The van der Waals surface area contributed by atoms with Crippen LogP contribution >= 0.6 is 11.8 Å². The minimum atomic E-state index is -0.955. The first-order valence-electron chi connectivity index (χ1n) is 5.02. The number of thioether (sulfide) groups is 1. The molecule has 0 bridgehead atoms. The molecule has 1 aliphatic rings. The molecule has 2 rings (SSSR count). The molecule has 0 atom stereocenters. The van der Waals surface area contributed by atoms with Crippen LogP contribution in [-0.4, -0.2) is 28.9 Å². The number of hydrogen-bond acceptors (Lipinski definition) is 4. The maximum absolute atomic E-state index is 11.2. The Bertz CT molecular complexity index is 445. The van der Waals surface area contributed by atoms with Gasteiger partial charge in [-0.05, 0) is 30.2 Å². The summed E-state index contributed by atoms with van der Waals surface area (Å²) < 4.78 is 5.05. The maximum Gasteiger partial charge on any atom is 0.341 e. The number of aryl methyl sites for hydroxylation is 1. The zero-order valence-corrected chi connectivity index (χ0v) is 10.1. The van der Waals surface area contributed by atoms with Crippen LogP contribution in [0, 0.1) is 6.92 Å². The van der Waals surface area contributed by atoms with Gasteiger partial charge in [0.05, 0.1) is 7.11 Å². The van der Waals surface area contributed by atoms with E-state index in [1.165, 1.54) is 7.11 Å². The Morgan fingerprint density at radius 2 is 2.25 bits per heavy atom. The molecule has 0 amide bonds. The zero-order valence-electron chi connectivity index (χ0n) is 9.24. The van der Waals surface area contributed by atoms with Crippen LogP contribution in [0.5, 0.6) is 5.88 Å². The Morgan fingerprint density at radius 3 is 2.88 bits per heavy atom. The van der Waals surface area contributed by atoms with Crippen LogP contribution < -0.4 is 4.74 Å². The molecule has 0 radical (unpaired) electrons. The van der Waals surface area contributed by atoms with Crippen molar-refractivity contribution in [2.75, 3.05) is 12.9 Å². The molecule has 1 aliphatic heterocycles. The highest BCUT2D eigenvalue weighted by Gasteiger charge is 2.25. The maximum atomic E-state index is 11.2. The standard InChI is InChI=1S/C11H13NO3S/c1-6-7-3-4-16-5-8(7)9(11(13)14)10(12-6)15-2/h3-5H2,1-2H3,(H,13,14). The van der Waals surface area contributed by atoms with Crippen LogP contribution in [0.3, 0.4) is 0 Å². The summed E-state index contributed by atoms with van der Waals surface area (Å²) in [5, 5.41) is 9.21. The SMILES string of the molecule is COc1nc(C)c2c(c1C(=O)O)CSCC2. The number of carboxylic acid groups (broad SMARTS) is 1. The van der Waals surface area contributed by atoms with Gasteiger partial charge in [0.15, 0.2) is 0 Å². The first-order valence-corrected chi connectivity index (χ1v) is 6.18. The summed E-state index contributed by atoms with van der Waals surface area (Å²) in [4.78, 5) is 15.4. The van der Waals surface area contributed by atoms with E-state index in [0.29, 0.717) is 0 Å². The van der Waals surface area contributed by atoms with E-state index in [9.17, 15) is 9.90 Å². The molecule has 0 saturated carbocycles. The fraction of sp³-hybridized carbons (Fsp3) is 0.455. The second-order valence-electron chi connectivity index (χ2n) is 3.65. The molecular formula is C11H13NO3S. The number of fused-ring (bicyclic) bond motifs is 1. The van der Waals surface area contributed by atoms with Crippen LogP contribution in [0.2, 0.25) is 0 Å². The van der Waals surface area contributed by atoms with Crippen molar-refractivity contribution in [3.05, 3.63) is 22.4 Å². The summed E-state index contributed by atoms with van der Waals surface area (Å²) in [5.74, 6) is 1.03. The Balaban J connectivity index is 2.68. The average molecular weight is 239 g/mol. The van der Waals surface area contributed by atoms with Gasteiger partial charge in [-0.15, -0.1) is 0 Å². The number of hydrogen-bond donors (Lipinski definition) is 1. The van der Waals surface area contributed by atoms with E-state index in [-0.39, 0.29) is 11.4 Å². The molecule has 4 nitrogen and oxygen atoms in total. The largest absolute Gasteiger partial charge is 0.480 e. The number of methoxy groups -OCH3 is 1. The summed E-state index contributed by atoms with van der Waals surface area (Å²) in [6.45, 7) is 1.91. The van der Waals surface area contributed by atoms with Crippen LogP contribution in [0.15, 0.2) is 0 Å². The van der Waals surface area contributed by atoms with Gasteiger partial charge in [-0.2, -0.15) is 11.8 Å². The highest BCUT2D eigenvalue weighted by atomic mass is 32.2. The molecular weight excluding hydrogens is 226 g/mol. The lowest BCUT2D eigenvalue weighted by Crippen LogP contribution is -2.15. The normalized spacial score (nSPS) is 14.4. The summed E-state index contributed by atoms with van der Waals surface area (Å²) in [5.41, 5.74) is 3.08. The molecule has 1 aromatic heterocycles. The third-order valence-electron chi connectivity index (χ3n) is 2.74. The van der Waals surface area contributed by atoms with Gasteiger partial charge in [-0.1, -0.05) is 0 Å². The fourth-order valence-corrected chi connectivity index (χ4v) is 3.00. The molecule has 5 heteroatoms. The quantitative estimate of drug-likeness (QED) is 0.854. The number of rotatable bonds is 2.